The van der Waals surface area contributed by atoms with E-state index in [1.165, 1.54) is 30.5 Å². The van der Waals surface area contributed by atoms with E-state index >= 15 is 0 Å². The first-order chi connectivity index (χ1) is 15.5. The second-order valence-electron chi connectivity index (χ2n) is 7.20. The minimum Gasteiger partial charge on any atom is -0.508 e. The molecule has 0 aliphatic heterocycles. The van der Waals surface area contributed by atoms with Gasteiger partial charge in [-0.1, -0.05) is 48.0 Å². The number of hydrogen-bond donors (Lipinski definition) is 2. The second-order valence-corrected chi connectivity index (χ2v) is 7.20. The fourth-order valence-electron chi connectivity index (χ4n) is 3.26. The minimum absolute atomic E-state index is 0.0703. The number of nitrogens with zero attached hydrogens (tertiary/aromatic N) is 1. The average molecular weight is 424 g/mol. The van der Waals surface area contributed by atoms with Crippen molar-refractivity contribution in [2.75, 3.05) is 0 Å². The molecule has 0 aliphatic rings. The van der Waals surface area contributed by atoms with Crippen molar-refractivity contribution in [1.29, 1.82) is 0 Å². The lowest BCUT2D eigenvalue weighted by Gasteiger charge is -2.11. The standard InChI is InChI=1S/C26H20N2O4/c1-17-5-4-7-20(15-17)26(31)32-24-14-11-18-6-2-3-8-22(18)23(24)16-27-28-25(30)19-9-12-21(29)13-10-19/h2-16,29H,1H3,(H,28,30)/b27-16+. The van der Waals surface area contributed by atoms with Crippen LogP contribution in [0.3, 0.4) is 0 Å². The van der Waals surface area contributed by atoms with Crippen LogP contribution in [-0.2, 0) is 0 Å². The molecule has 2 N–H and O–H groups in total. The van der Waals surface area contributed by atoms with Crippen LogP contribution in [0.25, 0.3) is 10.8 Å². The quantitative estimate of drug-likeness (QED) is 0.208. The molecule has 0 spiro atoms. The van der Waals surface area contributed by atoms with Crippen LogP contribution in [0.5, 0.6) is 11.5 Å². The number of rotatable bonds is 5. The van der Waals surface area contributed by atoms with Crippen molar-refractivity contribution in [1.82, 2.24) is 5.43 Å². The van der Waals surface area contributed by atoms with E-state index in [0.29, 0.717) is 22.4 Å². The first-order valence-corrected chi connectivity index (χ1v) is 9.94. The van der Waals surface area contributed by atoms with E-state index in [1.54, 1.807) is 24.3 Å². The third kappa shape index (κ3) is 4.65. The normalized spacial score (nSPS) is 10.9. The number of esters is 1. The lowest BCUT2D eigenvalue weighted by atomic mass is 10.0. The lowest BCUT2D eigenvalue weighted by Crippen LogP contribution is -2.17. The fraction of sp³-hybridized carbons (Fsp3) is 0.0385. The molecule has 4 aromatic carbocycles. The Morgan fingerprint density at radius 1 is 0.906 bits per heavy atom. The van der Waals surface area contributed by atoms with Crippen LogP contribution in [0, 0.1) is 6.92 Å². The molecule has 32 heavy (non-hydrogen) atoms. The van der Waals surface area contributed by atoms with Crippen molar-refractivity contribution in [2.45, 2.75) is 6.92 Å². The topological polar surface area (TPSA) is 88.0 Å². The number of phenolic OH excluding ortho intramolecular Hbond substituents is 1. The molecule has 6 heteroatoms. The molecular formula is C26H20N2O4. The van der Waals surface area contributed by atoms with Crippen LogP contribution in [0.15, 0.2) is 90.0 Å². The number of aryl methyl sites for hydroxylation is 1. The Morgan fingerprint density at radius 3 is 2.47 bits per heavy atom. The van der Waals surface area contributed by atoms with Crippen molar-refractivity contribution in [3.63, 3.8) is 0 Å². The number of carbonyl (C=O) groups is 2. The maximum absolute atomic E-state index is 12.7. The predicted molar refractivity (Wildman–Crippen MR) is 123 cm³/mol. The number of benzene rings is 4. The monoisotopic (exact) mass is 424 g/mol. The second kappa shape index (κ2) is 9.14. The first-order valence-electron chi connectivity index (χ1n) is 9.94. The first kappa shape index (κ1) is 20.8. The van der Waals surface area contributed by atoms with Crippen molar-refractivity contribution in [3.05, 3.63) is 107 Å². The van der Waals surface area contributed by atoms with Crippen LogP contribution in [-0.4, -0.2) is 23.2 Å². The summed E-state index contributed by atoms with van der Waals surface area (Å²) in [6, 6.07) is 24.2. The summed E-state index contributed by atoms with van der Waals surface area (Å²) in [4.78, 5) is 25.0. The van der Waals surface area contributed by atoms with Crippen LogP contribution in [0.1, 0.15) is 31.8 Å². The zero-order valence-electron chi connectivity index (χ0n) is 17.3. The third-order valence-electron chi connectivity index (χ3n) is 4.88. The van der Waals surface area contributed by atoms with Gasteiger partial charge in [-0.3, -0.25) is 4.79 Å². The summed E-state index contributed by atoms with van der Waals surface area (Å²) in [7, 11) is 0. The maximum Gasteiger partial charge on any atom is 0.343 e. The lowest BCUT2D eigenvalue weighted by molar-refractivity contribution is 0.0734. The van der Waals surface area contributed by atoms with Crippen LogP contribution in [0.2, 0.25) is 0 Å². The highest BCUT2D eigenvalue weighted by Crippen LogP contribution is 2.27. The Balaban J connectivity index is 1.62. The molecule has 0 saturated heterocycles. The number of nitrogens with one attached hydrogen (secondary N) is 1. The summed E-state index contributed by atoms with van der Waals surface area (Å²) in [5.41, 5.74) is 4.78. The van der Waals surface area contributed by atoms with Gasteiger partial charge in [0.1, 0.15) is 11.5 Å². The summed E-state index contributed by atoms with van der Waals surface area (Å²) in [6.07, 6.45) is 1.46. The average Bonchev–Trinajstić information content (AvgIpc) is 2.80. The molecule has 6 nitrogen and oxygen atoms in total. The third-order valence-corrected chi connectivity index (χ3v) is 4.88. The van der Waals surface area contributed by atoms with E-state index < -0.39 is 11.9 Å². The Morgan fingerprint density at radius 2 is 1.69 bits per heavy atom. The molecule has 1 amide bonds. The SMILES string of the molecule is Cc1cccc(C(=O)Oc2ccc3ccccc3c2/C=N/NC(=O)c2ccc(O)cc2)c1. The molecule has 0 fully saturated rings. The number of amides is 1. The Labute approximate surface area is 184 Å². The molecule has 4 aromatic rings. The molecule has 0 heterocycles. The highest BCUT2D eigenvalue weighted by Gasteiger charge is 2.14. The van der Waals surface area contributed by atoms with Gasteiger partial charge in [-0.05, 0) is 60.2 Å². The summed E-state index contributed by atoms with van der Waals surface area (Å²) >= 11 is 0. The number of hydrazone groups is 1. The molecule has 0 bridgehead atoms. The zero-order valence-corrected chi connectivity index (χ0v) is 17.3. The van der Waals surface area contributed by atoms with E-state index in [1.807, 2.05) is 43.3 Å². The summed E-state index contributed by atoms with van der Waals surface area (Å²) < 4.78 is 5.68. The number of fused-ring (bicyclic) bond motifs is 1. The van der Waals surface area contributed by atoms with Crippen LogP contribution >= 0.6 is 0 Å². The van der Waals surface area contributed by atoms with Gasteiger partial charge in [-0.25, -0.2) is 10.2 Å². The number of ether oxygens (including phenoxy) is 1. The highest BCUT2D eigenvalue weighted by molar-refractivity contribution is 6.04. The van der Waals surface area contributed by atoms with Gasteiger partial charge in [0.2, 0.25) is 0 Å². The van der Waals surface area contributed by atoms with Gasteiger partial charge in [0.05, 0.1) is 11.8 Å². The summed E-state index contributed by atoms with van der Waals surface area (Å²) in [6.45, 7) is 1.90. The molecule has 0 aromatic heterocycles. The van der Waals surface area contributed by atoms with Gasteiger partial charge < -0.3 is 9.84 Å². The van der Waals surface area contributed by atoms with Gasteiger partial charge in [-0.15, -0.1) is 0 Å². The van der Waals surface area contributed by atoms with E-state index in [-0.39, 0.29) is 5.75 Å². The number of carbonyl (C=O) groups excluding carboxylic acids is 2. The smallest absolute Gasteiger partial charge is 0.343 e. The van der Waals surface area contributed by atoms with Crippen LogP contribution in [0.4, 0.5) is 0 Å². The Kier molecular flexibility index (Phi) is 5.94. The van der Waals surface area contributed by atoms with Gasteiger partial charge in [-0.2, -0.15) is 5.10 Å². The maximum atomic E-state index is 12.7. The molecular weight excluding hydrogens is 404 g/mol. The molecule has 158 valence electrons. The largest absolute Gasteiger partial charge is 0.508 e. The highest BCUT2D eigenvalue weighted by atomic mass is 16.5. The molecule has 0 unspecified atom stereocenters. The fourth-order valence-corrected chi connectivity index (χ4v) is 3.26. The molecule has 0 saturated carbocycles. The number of hydrogen-bond acceptors (Lipinski definition) is 5. The number of aromatic hydroxyl groups is 1. The van der Waals surface area contributed by atoms with Gasteiger partial charge >= 0.3 is 5.97 Å². The predicted octanol–water partition coefficient (Wildman–Crippen LogP) is 4.84. The summed E-state index contributed by atoms with van der Waals surface area (Å²) in [5, 5.41) is 15.2. The molecule has 0 aliphatic carbocycles. The number of phenols is 1. The van der Waals surface area contributed by atoms with Crippen molar-refractivity contribution in [3.8, 4) is 11.5 Å². The van der Waals surface area contributed by atoms with Crippen LogP contribution < -0.4 is 10.2 Å². The van der Waals surface area contributed by atoms with E-state index in [0.717, 1.165) is 16.3 Å². The van der Waals surface area contributed by atoms with Gasteiger partial charge in [0.25, 0.3) is 5.91 Å². The van der Waals surface area contributed by atoms with E-state index in [4.69, 9.17) is 4.74 Å². The van der Waals surface area contributed by atoms with Gasteiger partial charge in [0, 0.05) is 11.1 Å². The van der Waals surface area contributed by atoms with Crippen molar-refractivity contribution < 1.29 is 19.4 Å². The van der Waals surface area contributed by atoms with Gasteiger partial charge in [0.15, 0.2) is 0 Å². The minimum atomic E-state index is -0.480. The molecule has 4 rings (SSSR count). The zero-order chi connectivity index (χ0) is 22.5. The van der Waals surface area contributed by atoms with E-state index in [9.17, 15) is 14.7 Å². The van der Waals surface area contributed by atoms with Crippen molar-refractivity contribution in [2.24, 2.45) is 5.10 Å². The Bertz CT molecular complexity index is 1330. The molecule has 0 atom stereocenters. The molecule has 0 radical (unpaired) electrons. The van der Waals surface area contributed by atoms with E-state index in [2.05, 4.69) is 10.5 Å². The Hall–Kier alpha value is -4.45. The van der Waals surface area contributed by atoms with Crippen molar-refractivity contribution >= 4 is 28.9 Å². The summed E-state index contributed by atoms with van der Waals surface area (Å²) in [5.74, 6) is -0.509.